The zero-order valence-corrected chi connectivity index (χ0v) is 15.6. The number of anilines is 1. The van der Waals surface area contributed by atoms with Crippen molar-refractivity contribution in [2.75, 3.05) is 12.4 Å². The molecule has 0 unspecified atom stereocenters. The number of ether oxygens (including phenoxy) is 1. The van der Waals surface area contributed by atoms with E-state index < -0.39 is 0 Å². The van der Waals surface area contributed by atoms with Gasteiger partial charge in [0.25, 0.3) is 5.91 Å². The molecular weight excluding hydrogens is 379 g/mol. The molecule has 140 valence electrons. The minimum Gasteiger partial charge on any atom is -0.466 e. The fourth-order valence-corrected chi connectivity index (χ4v) is 3.28. The summed E-state index contributed by atoms with van der Waals surface area (Å²) in [5, 5.41) is 9.07. The van der Waals surface area contributed by atoms with Crippen molar-refractivity contribution in [1.82, 2.24) is 14.8 Å². The second kappa shape index (κ2) is 7.61. The topological polar surface area (TPSA) is 69.0 Å². The van der Waals surface area contributed by atoms with Crippen molar-refractivity contribution in [3.8, 4) is 23.1 Å². The molecule has 28 heavy (non-hydrogen) atoms. The lowest BCUT2D eigenvalue weighted by atomic mass is 10.2. The molecule has 4 rings (SSSR count). The third-order valence-electron chi connectivity index (χ3n) is 3.97. The van der Waals surface area contributed by atoms with E-state index in [1.807, 2.05) is 23.6 Å². The zero-order chi connectivity index (χ0) is 19.5. The molecule has 6 nitrogen and oxygen atoms in total. The molecule has 2 heterocycles. The van der Waals surface area contributed by atoms with Gasteiger partial charge >= 0.3 is 6.01 Å². The van der Waals surface area contributed by atoms with Crippen molar-refractivity contribution in [3.05, 3.63) is 76.7 Å². The van der Waals surface area contributed by atoms with E-state index in [4.69, 9.17) is 4.74 Å². The number of hydrogen-bond acceptors (Lipinski definition) is 5. The number of hydrogen-bond donors (Lipinski definition) is 1. The van der Waals surface area contributed by atoms with Gasteiger partial charge in [0, 0.05) is 11.3 Å². The molecule has 0 aliphatic carbocycles. The summed E-state index contributed by atoms with van der Waals surface area (Å²) in [4.78, 5) is 17.3. The molecule has 0 saturated heterocycles. The largest absolute Gasteiger partial charge is 0.466 e. The number of carbonyl (C=O) groups is 1. The monoisotopic (exact) mass is 394 g/mol. The maximum absolute atomic E-state index is 13.3. The first-order valence-corrected chi connectivity index (χ1v) is 9.24. The van der Waals surface area contributed by atoms with Crippen LogP contribution in [0.2, 0.25) is 0 Å². The second-order valence-electron chi connectivity index (χ2n) is 5.82. The Kier molecular flexibility index (Phi) is 4.86. The van der Waals surface area contributed by atoms with Crippen LogP contribution in [0.25, 0.3) is 17.1 Å². The maximum Gasteiger partial charge on any atom is 0.336 e. The van der Waals surface area contributed by atoms with Crippen LogP contribution in [0.15, 0.2) is 66.0 Å². The number of nitrogens with one attached hydrogen (secondary N) is 1. The molecule has 0 aliphatic heterocycles. The highest BCUT2D eigenvalue weighted by Gasteiger charge is 2.15. The lowest BCUT2D eigenvalue weighted by molar-refractivity contribution is 0.103. The van der Waals surface area contributed by atoms with Crippen LogP contribution in [0.1, 0.15) is 9.67 Å². The van der Waals surface area contributed by atoms with Crippen LogP contribution in [0.3, 0.4) is 0 Å². The van der Waals surface area contributed by atoms with Crippen LogP contribution < -0.4 is 10.1 Å². The molecule has 0 saturated carbocycles. The molecule has 0 bridgehead atoms. The van der Waals surface area contributed by atoms with Crippen LogP contribution in [0, 0.1) is 5.82 Å². The standard InChI is InChI=1S/C20H15FN4O2S/c1-27-20-23-18(13-7-9-14(21)10-8-13)25(24-20)16-5-2-4-15(12-16)22-19(26)17-6-3-11-28-17/h2-12H,1H3,(H,22,26). The van der Waals surface area contributed by atoms with Crippen molar-refractivity contribution < 1.29 is 13.9 Å². The Balaban J connectivity index is 1.70. The summed E-state index contributed by atoms with van der Waals surface area (Å²) in [6, 6.07) is 17.0. The molecule has 0 fully saturated rings. The van der Waals surface area contributed by atoms with Gasteiger partial charge in [0.15, 0.2) is 5.82 Å². The van der Waals surface area contributed by atoms with E-state index in [-0.39, 0.29) is 17.7 Å². The van der Waals surface area contributed by atoms with E-state index in [0.717, 1.165) is 0 Å². The minimum atomic E-state index is -0.333. The van der Waals surface area contributed by atoms with Gasteiger partial charge in [-0.2, -0.15) is 4.98 Å². The van der Waals surface area contributed by atoms with Crippen molar-refractivity contribution >= 4 is 22.9 Å². The average Bonchev–Trinajstić information content (AvgIpc) is 3.39. The molecule has 1 N–H and O–H groups in total. The number of benzene rings is 2. The quantitative estimate of drug-likeness (QED) is 0.545. The van der Waals surface area contributed by atoms with Crippen molar-refractivity contribution in [2.24, 2.45) is 0 Å². The van der Waals surface area contributed by atoms with E-state index in [1.54, 1.807) is 35.0 Å². The van der Waals surface area contributed by atoms with E-state index in [9.17, 15) is 9.18 Å². The van der Waals surface area contributed by atoms with Gasteiger partial charge in [0.05, 0.1) is 17.7 Å². The Morgan fingerprint density at radius 3 is 2.68 bits per heavy atom. The van der Waals surface area contributed by atoms with Crippen LogP contribution in [0.5, 0.6) is 6.01 Å². The fourth-order valence-electron chi connectivity index (χ4n) is 2.66. The van der Waals surface area contributed by atoms with E-state index >= 15 is 0 Å². The summed E-state index contributed by atoms with van der Waals surface area (Å²) in [6.45, 7) is 0. The first kappa shape index (κ1) is 17.9. The molecule has 0 spiro atoms. The molecule has 2 aromatic heterocycles. The summed E-state index contributed by atoms with van der Waals surface area (Å²) >= 11 is 1.37. The number of nitrogens with zero attached hydrogens (tertiary/aromatic N) is 3. The van der Waals surface area contributed by atoms with Crippen LogP contribution in [-0.2, 0) is 0 Å². The predicted molar refractivity (Wildman–Crippen MR) is 106 cm³/mol. The van der Waals surface area contributed by atoms with E-state index in [1.165, 1.54) is 30.6 Å². The second-order valence-corrected chi connectivity index (χ2v) is 6.77. The lowest BCUT2D eigenvalue weighted by Gasteiger charge is -2.09. The summed E-state index contributed by atoms with van der Waals surface area (Å²) < 4.78 is 20.0. The number of methoxy groups -OCH3 is 1. The molecule has 2 aromatic carbocycles. The number of aromatic nitrogens is 3. The van der Waals surface area contributed by atoms with Gasteiger partial charge in [-0.25, -0.2) is 9.07 Å². The Bertz CT molecular complexity index is 1110. The molecule has 0 radical (unpaired) electrons. The van der Waals surface area contributed by atoms with Gasteiger partial charge in [-0.05, 0) is 53.9 Å². The van der Waals surface area contributed by atoms with Gasteiger partial charge in [-0.3, -0.25) is 4.79 Å². The van der Waals surface area contributed by atoms with Gasteiger partial charge in [0.2, 0.25) is 0 Å². The van der Waals surface area contributed by atoms with Crippen molar-refractivity contribution in [3.63, 3.8) is 0 Å². The fraction of sp³-hybridized carbons (Fsp3) is 0.0500. The van der Waals surface area contributed by atoms with Crippen LogP contribution >= 0.6 is 11.3 Å². The molecule has 8 heteroatoms. The third kappa shape index (κ3) is 3.63. The van der Waals surface area contributed by atoms with Crippen molar-refractivity contribution in [2.45, 2.75) is 0 Å². The van der Waals surface area contributed by atoms with E-state index in [0.29, 0.717) is 27.6 Å². The molecule has 0 aliphatic rings. The normalized spacial score (nSPS) is 10.6. The molecule has 1 amide bonds. The lowest BCUT2D eigenvalue weighted by Crippen LogP contribution is -2.10. The van der Waals surface area contributed by atoms with Gasteiger partial charge in [-0.1, -0.05) is 12.1 Å². The van der Waals surface area contributed by atoms with Gasteiger partial charge in [-0.15, -0.1) is 16.4 Å². The number of halogens is 1. The smallest absolute Gasteiger partial charge is 0.336 e. The summed E-state index contributed by atoms with van der Waals surface area (Å²) in [5.74, 6) is -0.0132. The predicted octanol–water partition coefficient (Wildman–Crippen LogP) is 4.40. The number of thiophene rings is 1. The number of rotatable bonds is 5. The van der Waals surface area contributed by atoms with Gasteiger partial charge in [0.1, 0.15) is 5.82 Å². The van der Waals surface area contributed by atoms with Crippen LogP contribution in [0.4, 0.5) is 10.1 Å². The maximum atomic E-state index is 13.3. The highest BCUT2D eigenvalue weighted by molar-refractivity contribution is 7.12. The molecule has 0 atom stereocenters. The average molecular weight is 394 g/mol. The number of amides is 1. The Labute approximate surface area is 164 Å². The Hall–Kier alpha value is -3.52. The SMILES string of the molecule is COc1nc(-c2ccc(F)cc2)n(-c2cccc(NC(=O)c3cccs3)c2)n1. The first-order valence-electron chi connectivity index (χ1n) is 8.36. The number of carbonyl (C=O) groups excluding carboxylic acids is 1. The van der Waals surface area contributed by atoms with Gasteiger partial charge < -0.3 is 10.1 Å². The summed E-state index contributed by atoms with van der Waals surface area (Å²) in [6.07, 6.45) is 0. The Morgan fingerprint density at radius 1 is 1.14 bits per heavy atom. The first-order chi connectivity index (χ1) is 13.6. The zero-order valence-electron chi connectivity index (χ0n) is 14.8. The highest BCUT2D eigenvalue weighted by atomic mass is 32.1. The van der Waals surface area contributed by atoms with Crippen molar-refractivity contribution in [1.29, 1.82) is 0 Å². The Morgan fingerprint density at radius 2 is 1.96 bits per heavy atom. The minimum absolute atomic E-state index is 0.179. The molecular formula is C20H15FN4O2S. The molecule has 4 aromatic rings. The highest BCUT2D eigenvalue weighted by Crippen LogP contribution is 2.25. The van der Waals surface area contributed by atoms with E-state index in [2.05, 4.69) is 15.4 Å². The third-order valence-corrected chi connectivity index (χ3v) is 4.83. The summed E-state index contributed by atoms with van der Waals surface area (Å²) in [5.41, 5.74) is 1.99. The van der Waals surface area contributed by atoms with Crippen LogP contribution in [-0.4, -0.2) is 27.8 Å². The summed E-state index contributed by atoms with van der Waals surface area (Å²) in [7, 11) is 1.48.